The topological polar surface area (TPSA) is 346 Å². The molecule has 28 heteroatoms. The number of aliphatic carboxylic acids is 1. The van der Waals surface area contributed by atoms with Gasteiger partial charge in [0.15, 0.2) is 0 Å². The van der Waals surface area contributed by atoms with Gasteiger partial charge in [-0.25, -0.2) is 16.8 Å². The van der Waals surface area contributed by atoms with E-state index in [0.717, 1.165) is 30.3 Å². The molecule has 248 valence electrons. The van der Waals surface area contributed by atoms with Gasteiger partial charge in [0.2, 0.25) is 0 Å². The Hall–Kier alpha value is 0.120. The van der Waals surface area contributed by atoms with Gasteiger partial charge in [0.1, 0.15) is 35.7 Å². The molecule has 52 heavy (non-hydrogen) atoms. The molecule has 2 N–H and O–H groups in total. The maximum absolute atomic E-state index is 13.6. The van der Waals surface area contributed by atoms with Gasteiger partial charge in [0.05, 0.1) is 27.1 Å². The molecule has 0 radical (unpaired) electrons. The number of hydrogen-bond acceptors (Lipinski definition) is 17. The number of carbonyl (C=O) groups is 1. The van der Waals surface area contributed by atoms with Crippen molar-refractivity contribution in [1.29, 1.82) is 0 Å². The third-order valence-electron chi connectivity index (χ3n) is 5.98. The fourth-order valence-electron chi connectivity index (χ4n) is 4.20. The van der Waals surface area contributed by atoms with Gasteiger partial charge in [-0.05, 0) is 53.8 Å². The SMILES string of the molecule is O=C([O-])/C=C/C([O-])=Nc1cc(S(=O)(=O)[O-])cc2cc(S(=O)(=O)O)c(N=Nc3ccc4c(S(=O)(=O)[O-])cccc4c3S(=O)(=O)O)c([O-])c12.[Na+].[Na+].[Na+].[Na+].[Na+]. The molecule has 4 rings (SSSR count). The summed E-state index contributed by atoms with van der Waals surface area (Å²) in [5.41, 5.74) is -3.10. The van der Waals surface area contributed by atoms with Crippen LogP contribution in [0.4, 0.5) is 17.1 Å². The normalized spacial score (nSPS) is 12.3. The first-order chi connectivity index (χ1) is 21.5. The Morgan fingerprint density at radius 3 is 1.77 bits per heavy atom. The van der Waals surface area contributed by atoms with Gasteiger partial charge in [-0.2, -0.15) is 16.8 Å². The van der Waals surface area contributed by atoms with E-state index in [0.29, 0.717) is 24.3 Å². The van der Waals surface area contributed by atoms with Crippen LogP contribution in [0.3, 0.4) is 0 Å². The first-order valence-electron chi connectivity index (χ1n) is 11.8. The molecule has 0 heterocycles. The second kappa shape index (κ2) is 20.5. The van der Waals surface area contributed by atoms with Crippen LogP contribution in [0.15, 0.2) is 95.5 Å². The molecule has 0 aliphatic rings. The number of aliphatic imine (C=N–C) groups is 1. The van der Waals surface area contributed by atoms with Crippen LogP contribution in [0.25, 0.3) is 21.5 Å². The van der Waals surface area contributed by atoms with Crippen LogP contribution in [0.5, 0.6) is 5.75 Å². The quantitative estimate of drug-likeness (QED) is 0.0395. The van der Waals surface area contributed by atoms with E-state index in [4.69, 9.17) is 0 Å². The van der Waals surface area contributed by atoms with Crippen LogP contribution in [-0.4, -0.2) is 63.7 Å². The molecule has 4 aromatic rings. The Bertz CT molecular complexity index is 2580. The average molecular weight is 842 g/mol. The van der Waals surface area contributed by atoms with Crippen LogP contribution >= 0.6 is 0 Å². The molecule has 0 spiro atoms. The average Bonchev–Trinajstić information content (AvgIpc) is 2.92. The molecule has 0 unspecified atom stereocenters. The molecule has 0 saturated carbocycles. The molecular formula is C24H12N3Na5O16S4. The van der Waals surface area contributed by atoms with Crippen LogP contribution in [0, 0.1) is 0 Å². The number of rotatable bonds is 9. The Balaban J connectivity index is 0. The molecule has 0 aliphatic heterocycles. The van der Waals surface area contributed by atoms with Crippen molar-refractivity contribution >= 4 is 90.9 Å². The Labute approximate surface area is 405 Å². The zero-order valence-corrected chi connectivity index (χ0v) is 40.6. The summed E-state index contributed by atoms with van der Waals surface area (Å²) in [5.74, 6) is -4.87. The molecule has 0 amide bonds. The zero-order chi connectivity index (χ0) is 35.3. The van der Waals surface area contributed by atoms with Crippen LogP contribution in [-0.2, 0) is 45.3 Å². The van der Waals surface area contributed by atoms with E-state index in [9.17, 15) is 72.0 Å². The smallest absolute Gasteiger partial charge is 0.870 e. The van der Waals surface area contributed by atoms with E-state index in [2.05, 4.69) is 15.2 Å². The number of benzene rings is 4. The number of nitrogens with zero attached hydrogens (tertiary/aromatic N) is 3. The minimum Gasteiger partial charge on any atom is -0.870 e. The molecule has 4 aromatic carbocycles. The van der Waals surface area contributed by atoms with E-state index in [1.807, 2.05) is 0 Å². The van der Waals surface area contributed by atoms with Crippen molar-refractivity contribution in [3.63, 3.8) is 0 Å². The van der Waals surface area contributed by atoms with Gasteiger partial charge in [0, 0.05) is 16.2 Å². The summed E-state index contributed by atoms with van der Waals surface area (Å²) >= 11 is 0. The maximum Gasteiger partial charge on any atom is 1.00 e. The monoisotopic (exact) mass is 841 g/mol. The fourth-order valence-corrected chi connectivity index (χ4v) is 6.91. The van der Waals surface area contributed by atoms with Gasteiger partial charge < -0.3 is 29.2 Å². The van der Waals surface area contributed by atoms with Gasteiger partial charge in [-0.1, -0.05) is 23.9 Å². The van der Waals surface area contributed by atoms with E-state index >= 15 is 0 Å². The third-order valence-corrected chi connectivity index (χ3v) is 9.50. The summed E-state index contributed by atoms with van der Waals surface area (Å²) in [6.45, 7) is 0. The van der Waals surface area contributed by atoms with Crippen molar-refractivity contribution in [2.75, 3.05) is 0 Å². The third kappa shape index (κ3) is 12.8. The fraction of sp³-hybridized carbons (Fsp3) is 0. The standard InChI is InChI=1S/C24H17N3O16S4.5Na/c28-19(6-7-20(29)30)25-16-10-12(44(32,33)34)8-11-9-18(46(38,39)40)22(23(31)21(11)16)27-26-15-5-4-13-14(24(15)47(41,42)43)2-1-3-17(13)45(35,36)37;;;;;/h1-10,31H,(H,25,28)(H,29,30)(H,32,33,34)(H,35,36,37)(H,38,39,40)(H,41,42,43);;;;;/q;5*+1/p-5/b7-6+,27-26?;;;;;. The maximum atomic E-state index is 13.6. The molecule has 0 atom stereocenters. The molecule has 0 fully saturated rings. The second-order valence-electron chi connectivity index (χ2n) is 9.02. The number of carboxylic acids is 1. The van der Waals surface area contributed by atoms with Crippen LogP contribution in [0.1, 0.15) is 0 Å². The van der Waals surface area contributed by atoms with Crippen molar-refractivity contribution in [2.24, 2.45) is 15.2 Å². The summed E-state index contributed by atoms with van der Waals surface area (Å²) in [6, 6.07) is 5.65. The molecule has 0 bridgehead atoms. The Morgan fingerprint density at radius 2 is 1.27 bits per heavy atom. The summed E-state index contributed by atoms with van der Waals surface area (Å²) in [6.07, 6.45) is 0.527. The summed E-state index contributed by atoms with van der Waals surface area (Å²) in [4.78, 5) is 9.41. The van der Waals surface area contributed by atoms with Crippen molar-refractivity contribution in [3.05, 3.63) is 60.7 Å². The van der Waals surface area contributed by atoms with E-state index in [-0.39, 0.29) is 154 Å². The van der Waals surface area contributed by atoms with E-state index in [1.165, 1.54) is 0 Å². The van der Waals surface area contributed by atoms with Gasteiger partial charge in [0.25, 0.3) is 20.2 Å². The Morgan fingerprint density at radius 1 is 0.673 bits per heavy atom. The largest absolute Gasteiger partial charge is 1.00 e. The predicted molar refractivity (Wildman–Crippen MR) is 148 cm³/mol. The summed E-state index contributed by atoms with van der Waals surface area (Å²) < 4.78 is 139. The van der Waals surface area contributed by atoms with Crippen molar-refractivity contribution in [3.8, 4) is 5.75 Å². The minimum absolute atomic E-state index is 0. The molecule has 0 aromatic heterocycles. The predicted octanol–water partition coefficient (Wildman–Crippen LogP) is -15.5. The van der Waals surface area contributed by atoms with Gasteiger partial charge in [-0.15, -0.1) is 10.2 Å². The molecule has 19 nitrogen and oxygen atoms in total. The molecule has 0 aliphatic carbocycles. The summed E-state index contributed by atoms with van der Waals surface area (Å²) in [7, 11) is -21.4. The van der Waals surface area contributed by atoms with Gasteiger partial charge in [-0.3, -0.25) is 14.1 Å². The first kappa shape index (κ1) is 54.2. The second-order valence-corrected chi connectivity index (χ2v) is 14.5. The first-order valence-corrected chi connectivity index (χ1v) is 17.5. The molecule has 0 saturated heterocycles. The summed E-state index contributed by atoms with van der Waals surface area (Å²) in [5, 5.41) is 40.7. The van der Waals surface area contributed by atoms with E-state index in [1.54, 1.807) is 0 Å². The van der Waals surface area contributed by atoms with E-state index < -0.39 is 116 Å². The number of carboxylic acid groups (broad SMARTS) is 1. The van der Waals surface area contributed by atoms with Crippen molar-refractivity contribution in [1.82, 2.24) is 0 Å². The van der Waals surface area contributed by atoms with Crippen molar-refractivity contribution in [2.45, 2.75) is 19.6 Å². The zero-order valence-electron chi connectivity index (χ0n) is 27.4. The van der Waals surface area contributed by atoms with Crippen LogP contribution < -0.4 is 163 Å². The molecular weight excluding hydrogens is 829 g/mol. The number of fused-ring (bicyclic) bond motifs is 2. The van der Waals surface area contributed by atoms with Crippen molar-refractivity contribution < 1.29 is 220 Å². The Kier molecular flexibility index (Phi) is 21.4. The number of azo groups is 1. The van der Waals surface area contributed by atoms with Crippen LogP contribution in [0.2, 0.25) is 0 Å². The van der Waals surface area contributed by atoms with Gasteiger partial charge >= 0.3 is 148 Å². The number of hydrogen-bond donors (Lipinski definition) is 2. The minimum atomic E-state index is -5.48. The number of carbonyl (C=O) groups excluding carboxylic acids is 1.